The minimum Gasteiger partial charge on any atom is -0.354 e. The summed E-state index contributed by atoms with van der Waals surface area (Å²) in [5, 5.41) is 5.02. The van der Waals surface area contributed by atoms with Crippen LogP contribution in [0.2, 0.25) is 0 Å². The molecule has 2 atom stereocenters. The number of thioether (sulfide) groups is 1. The molecule has 1 heterocycles. The Hall–Kier alpha value is -0.520. The van der Waals surface area contributed by atoms with Gasteiger partial charge in [0.05, 0.1) is 6.04 Å². The van der Waals surface area contributed by atoms with Crippen molar-refractivity contribution in [2.75, 3.05) is 18.6 Å². The number of rotatable bonds is 8. The zero-order valence-corrected chi connectivity index (χ0v) is 12.7. The van der Waals surface area contributed by atoms with Gasteiger partial charge in [-0.2, -0.15) is 11.8 Å². The number of nitrogens with two attached hydrogens (primary N) is 1. The molecule has 5 heteroatoms. The van der Waals surface area contributed by atoms with E-state index in [0.29, 0.717) is 12.5 Å². The fourth-order valence-corrected chi connectivity index (χ4v) is 2.99. The van der Waals surface area contributed by atoms with E-state index >= 15 is 0 Å². The van der Waals surface area contributed by atoms with E-state index in [1.165, 1.54) is 4.88 Å². The Morgan fingerprint density at radius 3 is 3.00 bits per heavy atom. The van der Waals surface area contributed by atoms with Crippen LogP contribution < -0.4 is 11.1 Å². The lowest BCUT2D eigenvalue weighted by Gasteiger charge is -2.15. The van der Waals surface area contributed by atoms with E-state index in [9.17, 15) is 4.79 Å². The van der Waals surface area contributed by atoms with Gasteiger partial charge in [-0.05, 0) is 42.2 Å². The van der Waals surface area contributed by atoms with Crippen molar-refractivity contribution in [2.24, 2.45) is 11.7 Å². The van der Waals surface area contributed by atoms with E-state index in [2.05, 4.69) is 29.8 Å². The van der Waals surface area contributed by atoms with Crippen molar-refractivity contribution in [2.45, 2.75) is 25.8 Å². The summed E-state index contributed by atoms with van der Waals surface area (Å²) in [7, 11) is 0. The van der Waals surface area contributed by atoms with Crippen LogP contribution in [0.15, 0.2) is 17.5 Å². The maximum atomic E-state index is 11.7. The summed E-state index contributed by atoms with van der Waals surface area (Å²) < 4.78 is 0. The number of amides is 1. The summed E-state index contributed by atoms with van der Waals surface area (Å²) in [6.07, 6.45) is 3.78. The Morgan fingerprint density at radius 1 is 1.61 bits per heavy atom. The van der Waals surface area contributed by atoms with E-state index < -0.39 is 0 Å². The molecule has 0 saturated carbocycles. The molecule has 1 aromatic heterocycles. The smallest absolute Gasteiger partial charge is 0.236 e. The molecular weight excluding hydrogens is 264 g/mol. The average Bonchev–Trinajstić information content (AvgIpc) is 2.85. The predicted octanol–water partition coefficient (Wildman–Crippen LogP) is 2.12. The van der Waals surface area contributed by atoms with Gasteiger partial charge < -0.3 is 11.1 Å². The molecule has 0 aromatic carbocycles. The Balaban J connectivity index is 2.21. The second-order valence-electron chi connectivity index (χ2n) is 4.52. The molecule has 0 aliphatic heterocycles. The largest absolute Gasteiger partial charge is 0.354 e. The third-order valence-corrected chi connectivity index (χ3v) is 4.27. The van der Waals surface area contributed by atoms with E-state index in [-0.39, 0.29) is 11.9 Å². The number of nitrogens with one attached hydrogen (secondary N) is 1. The van der Waals surface area contributed by atoms with Crippen LogP contribution in [0.25, 0.3) is 0 Å². The fourth-order valence-electron chi connectivity index (χ4n) is 1.63. The molecule has 0 spiro atoms. The van der Waals surface area contributed by atoms with Gasteiger partial charge in [-0.15, -0.1) is 11.3 Å². The Bertz CT molecular complexity index is 341. The molecule has 0 radical (unpaired) electrons. The summed E-state index contributed by atoms with van der Waals surface area (Å²) in [6.45, 7) is 2.84. The van der Waals surface area contributed by atoms with E-state index in [1.54, 1.807) is 23.1 Å². The Morgan fingerprint density at radius 2 is 2.39 bits per heavy atom. The molecule has 102 valence electrons. The standard InChI is InChI=1S/C13H22N2OS2/c1-10(8-11-4-3-6-18-11)9-15-13(16)12(14)5-7-17-2/h3-4,6,10,12H,5,7-9,14H2,1-2H3,(H,15,16)/t10?,12-/m0/s1. The highest BCUT2D eigenvalue weighted by molar-refractivity contribution is 7.98. The molecule has 3 nitrogen and oxygen atoms in total. The van der Waals surface area contributed by atoms with Crippen LogP contribution in [0.1, 0.15) is 18.2 Å². The van der Waals surface area contributed by atoms with Gasteiger partial charge in [0.2, 0.25) is 5.91 Å². The quantitative estimate of drug-likeness (QED) is 0.769. The Kier molecular flexibility index (Phi) is 7.39. The highest BCUT2D eigenvalue weighted by Crippen LogP contribution is 2.13. The first kappa shape index (κ1) is 15.5. The van der Waals surface area contributed by atoms with Crippen molar-refractivity contribution in [3.63, 3.8) is 0 Å². The lowest BCUT2D eigenvalue weighted by atomic mass is 10.1. The van der Waals surface area contributed by atoms with Crippen molar-refractivity contribution >= 4 is 29.0 Å². The van der Waals surface area contributed by atoms with Crippen LogP contribution in [0, 0.1) is 5.92 Å². The monoisotopic (exact) mass is 286 g/mol. The third kappa shape index (κ3) is 5.89. The molecule has 0 aliphatic rings. The molecule has 3 N–H and O–H groups in total. The summed E-state index contributed by atoms with van der Waals surface area (Å²) in [5.41, 5.74) is 5.80. The van der Waals surface area contributed by atoms with Gasteiger partial charge in [-0.1, -0.05) is 13.0 Å². The van der Waals surface area contributed by atoms with Gasteiger partial charge in [-0.3, -0.25) is 4.79 Å². The van der Waals surface area contributed by atoms with E-state index in [0.717, 1.165) is 18.6 Å². The molecule has 1 amide bonds. The number of hydrogen-bond acceptors (Lipinski definition) is 4. The van der Waals surface area contributed by atoms with Crippen LogP contribution in [0.3, 0.4) is 0 Å². The number of carbonyl (C=O) groups is 1. The zero-order chi connectivity index (χ0) is 13.4. The van der Waals surface area contributed by atoms with Crippen LogP contribution >= 0.6 is 23.1 Å². The molecule has 1 aromatic rings. The van der Waals surface area contributed by atoms with Crippen molar-refractivity contribution in [3.05, 3.63) is 22.4 Å². The number of carbonyl (C=O) groups excluding carboxylic acids is 1. The van der Waals surface area contributed by atoms with Gasteiger partial charge in [0.15, 0.2) is 0 Å². The van der Waals surface area contributed by atoms with Gasteiger partial charge in [0, 0.05) is 11.4 Å². The summed E-state index contributed by atoms with van der Waals surface area (Å²) in [6, 6.07) is 3.82. The summed E-state index contributed by atoms with van der Waals surface area (Å²) in [5.74, 6) is 1.35. The van der Waals surface area contributed by atoms with Gasteiger partial charge >= 0.3 is 0 Å². The molecular formula is C13H22N2OS2. The second-order valence-corrected chi connectivity index (χ2v) is 6.54. The first-order valence-corrected chi connectivity index (χ1v) is 8.45. The first-order chi connectivity index (χ1) is 8.63. The summed E-state index contributed by atoms with van der Waals surface area (Å²) in [4.78, 5) is 13.1. The van der Waals surface area contributed by atoms with Crippen LogP contribution in [-0.2, 0) is 11.2 Å². The highest BCUT2D eigenvalue weighted by Gasteiger charge is 2.13. The zero-order valence-electron chi connectivity index (χ0n) is 11.0. The maximum absolute atomic E-state index is 11.7. The first-order valence-electron chi connectivity index (χ1n) is 6.18. The molecule has 0 saturated heterocycles. The van der Waals surface area contributed by atoms with Crippen molar-refractivity contribution < 1.29 is 4.79 Å². The predicted molar refractivity (Wildman–Crippen MR) is 81.2 cm³/mol. The van der Waals surface area contributed by atoms with E-state index in [1.807, 2.05) is 6.26 Å². The minimum absolute atomic E-state index is 0.0259. The molecule has 1 unspecified atom stereocenters. The second kappa shape index (κ2) is 8.56. The van der Waals surface area contributed by atoms with Gasteiger partial charge in [0.25, 0.3) is 0 Å². The van der Waals surface area contributed by atoms with E-state index in [4.69, 9.17) is 5.73 Å². The highest BCUT2D eigenvalue weighted by atomic mass is 32.2. The van der Waals surface area contributed by atoms with Crippen molar-refractivity contribution in [1.82, 2.24) is 5.32 Å². The number of hydrogen-bond donors (Lipinski definition) is 2. The lowest BCUT2D eigenvalue weighted by Crippen LogP contribution is -2.42. The molecule has 18 heavy (non-hydrogen) atoms. The molecule has 0 fully saturated rings. The topological polar surface area (TPSA) is 55.1 Å². The lowest BCUT2D eigenvalue weighted by molar-refractivity contribution is -0.122. The molecule has 1 rings (SSSR count). The third-order valence-electron chi connectivity index (χ3n) is 2.72. The fraction of sp³-hybridized carbons (Fsp3) is 0.615. The molecule has 0 bridgehead atoms. The minimum atomic E-state index is -0.369. The SMILES string of the molecule is CSCC[C@H](N)C(=O)NCC(C)Cc1cccs1. The number of thiophene rings is 1. The van der Waals surface area contributed by atoms with Gasteiger partial charge in [-0.25, -0.2) is 0 Å². The maximum Gasteiger partial charge on any atom is 0.236 e. The van der Waals surface area contributed by atoms with Crippen LogP contribution in [0.5, 0.6) is 0 Å². The van der Waals surface area contributed by atoms with Crippen molar-refractivity contribution in [3.8, 4) is 0 Å². The average molecular weight is 286 g/mol. The molecule has 0 aliphatic carbocycles. The van der Waals surface area contributed by atoms with Gasteiger partial charge in [0.1, 0.15) is 0 Å². The van der Waals surface area contributed by atoms with Crippen molar-refractivity contribution in [1.29, 1.82) is 0 Å². The van der Waals surface area contributed by atoms with Crippen LogP contribution in [0.4, 0.5) is 0 Å². The Labute approximate surface area is 118 Å². The van der Waals surface area contributed by atoms with Crippen LogP contribution in [-0.4, -0.2) is 30.5 Å². The summed E-state index contributed by atoms with van der Waals surface area (Å²) >= 11 is 3.48. The normalized spacial score (nSPS) is 14.2.